The molecule has 2 aromatic carbocycles. The van der Waals surface area contributed by atoms with E-state index in [4.69, 9.17) is 13.9 Å². The Labute approximate surface area is 173 Å². The lowest BCUT2D eigenvalue weighted by atomic mass is 9.97. The summed E-state index contributed by atoms with van der Waals surface area (Å²) in [4.78, 5) is 14.3. The van der Waals surface area contributed by atoms with E-state index in [-0.39, 0.29) is 24.2 Å². The molecule has 0 bridgehead atoms. The number of nitrogens with zero attached hydrogens (tertiary/aromatic N) is 3. The SMILES string of the molecule is COc1ccccc1OCC(=O)N1CCC(c2nnc(-c3ccc(F)cc3)o2)CC1. The van der Waals surface area contributed by atoms with Crippen LogP contribution >= 0.6 is 0 Å². The van der Waals surface area contributed by atoms with E-state index in [0.29, 0.717) is 41.9 Å². The highest BCUT2D eigenvalue weighted by atomic mass is 19.1. The molecule has 1 saturated heterocycles. The molecular weight excluding hydrogens is 389 g/mol. The Hall–Kier alpha value is -3.42. The summed E-state index contributed by atoms with van der Waals surface area (Å²) in [7, 11) is 1.56. The van der Waals surface area contributed by atoms with Crippen LogP contribution < -0.4 is 9.47 Å². The maximum absolute atomic E-state index is 13.1. The second-order valence-electron chi connectivity index (χ2n) is 7.05. The Morgan fingerprint density at radius 2 is 1.80 bits per heavy atom. The number of carbonyl (C=O) groups excluding carboxylic acids is 1. The number of piperidine rings is 1. The van der Waals surface area contributed by atoms with E-state index < -0.39 is 0 Å². The third-order valence-electron chi connectivity index (χ3n) is 5.15. The van der Waals surface area contributed by atoms with E-state index in [2.05, 4.69) is 10.2 Å². The van der Waals surface area contributed by atoms with E-state index in [0.717, 1.165) is 12.8 Å². The van der Waals surface area contributed by atoms with E-state index in [1.54, 1.807) is 36.3 Å². The normalized spacial score (nSPS) is 14.5. The predicted molar refractivity (Wildman–Crippen MR) is 107 cm³/mol. The van der Waals surface area contributed by atoms with Crippen molar-refractivity contribution in [3.05, 3.63) is 60.2 Å². The first-order chi connectivity index (χ1) is 14.6. The third kappa shape index (κ3) is 4.42. The van der Waals surface area contributed by atoms with Crippen molar-refractivity contribution in [2.24, 2.45) is 0 Å². The lowest BCUT2D eigenvalue weighted by Gasteiger charge is -2.30. The number of benzene rings is 2. The Bertz CT molecular complexity index is 998. The van der Waals surface area contributed by atoms with Gasteiger partial charge in [-0.05, 0) is 49.2 Å². The highest BCUT2D eigenvalue weighted by Gasteiger charge is 2.27. The second-order valence-corrected chi connectivity index (χ2v) is 7.05. The number of para-hydroxylation sites is 2. The Kier molecular flexibility index (Phi) is 5.92. The van der Waals surface area contributed by atoms with Crippen molar-refractivity contribution in [2.45, 2.75) is 18.8 Å². The number of halogens is 1. The number of hydrogen-bond acceptors (Lipinski definition) is 6. The fourth-order valence-electron chi connectivity index (χ4n) is 3.45. The van der Waals surface area contributed by atoms with Gasteiger partial charge in [-0.2, -0.15) is 0 Å². The lowest BCUT2D eigenvalue weighted by molar-refractivity contribution is -0.134. The second kappa shape index (κ2) is 8.94. The van der Waals surface area contributed by atoms with Crippen LogP contribution in [0.25, 0.3) is 11.5 Å². The number of rotatable bonds is 6. The summed E-state index contributed by atoms with van der Waals surface area (Å²) in [5.41, 5.74) is 0.677. The molecule has 7 nitrogen and oxygen atoms in total. The van der Waals surface area contributed by atoms with Crippen LogP contribution in [0.4, 0.5) is 4.39 Å². The number of ether oxygens (including phenoxy) is 2. The highest BCUT2D eigenvalue weighted by Crippen LogP contribution is 2.30. The Morgan fingerprint density at radius 1 is 1.10 bits per heavy atom. The number of aromatic nitrogens is 2. The topological polar surface area (TPSA) is 77.7 Å². The third-order valence-corrected chi connectivity index (χ3v) is 5.15. The van der Waals surface area contributed by atoms with Gasteiger partial charge >= 0.3 is 0 Å². The minimum Gasteiger partial charge on any atom is -0.493 e. The number of amides is 1. The molecule has 30 heavy (non-hydrogen) atoms. The van der Waals surface area contributed by atoms with E-state index in [9.17, 15) is 9.18 Å². The molecule has 1 aliphatic heterocycles. The molecule has 1 fully saturated rings. The van der Waals surface area contributed by atoms with Crippen molar-refractivity contribution in [3.8, 4) is 23.0 Å². The smallest absolute Gasteiger partial charge is 0.260 e. The molecule has 2 heterocycles. The van der Waals surface area contributed by atoms with Crippen LogP contribution in [0.1, 0.15) is 24.7 Å². The van der Waals surface area contributed by atoms with Gasteiger partial charge in [0.05, 0.1) is 7.11 Å². The molecular formula is C22H22FN3O4. The molecule has 3 aromatic rings. The largest absolute Gasteiger partial charge is 0.493 e. The first-order valence-corrected chi connectivity index (χ1v) is 9.77. The van der Waals surface area contributed by atoms with Crippen LogP contribution in [0.2, 0.25) is 0 Å². The molecule has 1 aromatic heterocycles. The van der Waals surface area contributed by atoms with Crippen molar-refractivity contribution in [2.75, 3.05) is 26.8 Å². The summed E-state index contributed by atoms with van der Waals surface area (Å²) in [5.74, 6) is 1.76. The van der Waals surface area contributed by atoms with Gasteiger partial charge in [0.2, 0.25) is 11.8 Å². The standard InChI is InChI=1S/C22H22FN3O4/c1-28-18-4-2-3-5-19(18)29-14-20(27)26-12-10-16(11-13-26)22-25-24-21(30-22)15-6-8-17(23)9-7-15/h2-9,16H,10-14H2,1H3. The molecule has 0 N–H and O–H groups in total. The zero-order chi connectivity index (χ0) is 20.9. The van der Waals surface area contributed by atoms with E-state index in [1.807, 2.05) is 12.1 Å². The zero-order valence-corrected chi connectivity index (χ0v) is 16.6. The van der Waals surface area contributed by atoms with Gasteiger partial charge in [-0.25, -0.2) is 4.39 Å². The number of methoxy groups -OCH3 is 1. The van der Waals surface area contributed by atoms with E-state index >= 15 is 0 Å². The van der Waals surface area contributed by atoms with Gasteiger partial charge in [-0.1, -0.05) is 12.1 Å². The molecule has 1 amide bonds. The molecule has 8 heteroatoms. The number of carbonyl (C=O) groups is 1. The Balaban J connectivity index is 1.30. The minimum atomic E-state index is -0.315. The summed E-state index contributed by atoms with van der Waals surface area (Å²) < 4.78 is 29.7. The van der Waals surface area contributed by atoms with Gasteiger partial charge in [0.15, 0.2) is 18.1 Å². The van der Waals surface area contributed by atoms with Crippen molar-refractivity contribution < 1.29 is 23.1 Å². The van der Waals surface area contributed by atoms with Crippen molar-refractivity contribution in [1.29, 1.82) is 0 Å². The molecule has 0 aliphatic carbocycles. The molecule has 0 radical (unpaired) electrons. The molecule has 0 saturated carbocycles. The van der Waals surface area contributed by atoms with Gasteiger partial charge in [0.1, 0.15) is 5.82 Å². The monoisotopic (exact) mass is 411 g/mol. The van der Waals surface area contributed by atoms with Crippen molar-refractivity contribution in [1.82, 2.24) is 15.1 Å². The van der Waals surface area contributed by atoms with Crippen LogP contribution in [0.5, 0.6) is 11.5 Å². The van der Waals surface area contributed by atoms with Gasteiger partial charge in [0.25, 0.3) is 5.91 Å². The first kappa shape index (κ1) is 19.9. The summed E-state index contributed by atoms with van der Waals surface area (Å²) in [6, 6.07) is 13.2. The summed E-state index contributed by atoms with van der Waals surface area (Å²) in [5, 5.41) is 8.22. The van der Waals surface area contributed by atoms with Gasteiger partial charge < -0.3 is 18.8 Å². The van der Waals surface area contributed by atoms with Crippen molar-refractivity contribution in [3.63, 3.8) is 0 Å². The van der Waals surface area contributed by atoms with Crippen LogP contribution in [-0.4, -0.2) is 47.8 Å². The Morgan fingerprint density at radius 3 is 2.50 bits per heavy atom. The summed E-state index contributed by atoms with van der Waals surface area (Å²) in [6.45, 7) is 1.14. The van der Waals surface area contributed by atoms with Crippen molar-refractivity contribution >= 4 is 5.91 Å². The fraction of sp³-hybridized carbons (Fsp3) is 0.318. The number of likely N-dealkylation sites (tertiary alicyclic amines) is 1. The van der Waals surface area contributed by atoms with Crippen LogP contribution in [0.15, 0.2) is 52.9 Å². The lowest BCUT2D eigenvalue weighted by Crippen LogP contribution is -2.40. The van der Waals surface area contributed by atoms with Gasteiger partial charge in [-0.15, -0.1) is 10.2 Å². The highest BCUT2D eigenvalue weighted by molar-refractivity contribution is 5.78. The molecule has 0 atom stereocenters. The average Bonchev–Trinajstić information content (AvgIpc) is 3.28. The molecule has 156 valence electrons. The van der Waals surface area contributed by atoms with Crippen LogP contribution in [0.3, 0.4) is 0 Å². The minimum absolute atomic E-state index is 0.0414. The fourth-order valence-corrected chi connectivity index (χ4v) is 3.45. The predicted octanol–water partition coefficient (Wildman–Crippen LogP) is 3.67. The van der Waals surface area contributed by atoms with E-state index in [1.165, 1.54) is 12.1 Å². The maximum atomic E-state index is 13.1. The average molecular weight is 411 g/mol. The molecule has 0 spiro atoms. The van der Waals surface area contributed by atoms with Crippen LogP contribution in [0, 0.1) is 5.82 Å². The summed E-state index contributed by atoms with van der Waals surface area (Å²) >= 11 is 0. The molecule has 4 rings (SSSR count). The quantitative estimate of drug-likeness (QED) is 0.616. The van der Waals surface area contributed by atoms with Gasteiger partial charge in [0, 0.05) is 24.6 Å². The zero-order valence-electron chi connectivity index (χ0n) is 16.6. The summed E-state index contributed by atoms with van der Waals surface area (Å²) in [6.07, 6.45) is 1.46. The first-order valence-electron chi connectivity index (χ1n) is 9.77. The number of hydrogen-bond donors (Lipinski definition) is 0. The maximum Gasteiger partial charge on any atom is 0.260 e. The molecule has 0 unspecified atom stereocenters. The molecule has 1 aliphatic rings. The van der Waals surface area contributed by atoms with Crippen LogP contribution in [-0.2, 0) is 4.79 Å². The van der Waals surface area contributed by atoms with Gasteiger partial charge in [-0.3, -0.25) is 4.79 Å².